The van der Waals surface area contributed by atoms with Crippen LogP contribution in [0.2, 0.25) is 0 Å². The molecule has 138 valence electrons. The predicted octanol–water partition coefficient (Wildman–Crippen LogP) is 1.75. The van der Waals surface area contributed by atoms with E-state index in [2.05, 4.69) is 27.4 Å². The summed E-state index contributed by atoms with van der Waals surface area (Å²) >= 11 is 0. The average Bonchev–Trinajstić information content (AvgIpc) is 2.88. The van der Waals surface area contributed by atoms with Crippen LogP contribution in [0.1, 0.15) is 19.8 Å². The highest BCUT2D eigenvalue weighted by Crippen LogP contribution is 2.16. The maximum atomic E-state index is 12.2. The molecule has 5 nitrogen and oxygen atoms in total. The van der Waals surface area contributed by atoms with Gasteiger partial charge in [-0.2, -0.15) is 13.2 Å². The van der Waals surface area contributed by atoms with E-state index < -0.39 is 12.7 Å². The van der Waals surface area contributed by atoms with Gasteiger partial charge >= 0.3 is 6.18 Å². The number of likely N-dealkylation sites (tertiary alicyclic amines) is 1. The minimum Gasteiger partial charge on any atom is -0.355 e. The van der Waals surface area contributed by atoms with E-state index in [1.165, 1.54) is 24.8 Å². The number of guanidine groups is 1. The summed E-state index contributed by atoms with van der Waals surface area (Å²) in [5.41, 5.74) is 0. The lowest BCUT2D eigenvalue weighted by Crippen LogP contribution is -2.46. The van der Waals surface area contributed by atoms with Crippen molar-refractivity contribution in [3.05, 3.63) is 0 Å². The molecular formula is C14H29F3IN5. The highest BCUT2D eigenvalue weighted by Gasteiger charge is 2.28. The number of nitrogens with one attached hydrogen (secondary N) is 2. The molecule has 0 aromatic rings. The first-order chi connectivity index (χ1) is 10.4. The van der Waals surface area contributed by atoms with Crippen molar-refractivity contribution in [3.63, 3.8) is 0 Å². The fourth-order valence-electron chi connectivity index (χ4n) is 2.73. The van der Waals surface area contributed by atoms with E-state index in [1.807, 2.05) is 0 Å². The molecule has 0 bridgehead atoms. The zero-order valence-corrected chi connectivity index (χ0v) is 16.4. The van der Waals surface area contributed by atoms with Gasteiger partial charge in [-0.1, -0.05) is 6.92 Å². The number of nitrogens with zero attached hydrogens (tertiary/aromatic N) is 3. The minimum atomic E-state index is -4.15. The van der Waals surface area contributed by atoms with E-state index in [4.69, 9.17) is 0 Å². The van der Waals surface area contributed by atoms with Crippen molar-refractivity contribution in [2.24, 2.45) is 4.99 Å². The summed E-state index contributed by atoms with van der Waals surface area (Å²) in [6, 6.07) is 0.511. The van der Waals surface area contributed by atoms with Gasteiger partial charge in [0.1, 0.15) is 0 Å². The van der Waals surface area contributed by atoms with Crippen LogP contribution in [-0.4, -0.2) is 81.3 Å². The molecule has 0 saturated carbocycles. The van der Waals surface area contributed by atoms with Crippen LogP contribution in [-0.2, 0) is 0 Å². The Bertz CT molecular complexity index is 352. The van der Waals surface area contributed by atoms with Crippen molar-refractivity contribution in [1.29, 1.82) is 0 Å². The Hall–Kier alpha value is -0.290. The largest absolute Gasteiger partial charge is 0.401 e. The first kappa shape index (κ1) is 22.7. The second-order valence-corrected chi connectivity index (χ2v) is 5.66. The van der Waals surface area contributed by atoms with Crippen LogP contribution >= 0.6 is 24.0 Å². The molecule has 1 atom stereocenters. The number of rotatable bonds is 7. The number of alkyl halides is 3. The number of halogens is 4. The lowest BCUT2D eigenvalue weighted by molar-refractivity contribution is -0.142. The summed E-state index contributed by atoms with van der Waals surface area (Å²) in [6.07, 6.45) is -1.76. The van der Waals surface area contributed by atoms with Crippen LogP contribution in [0.25, 0.3) is 0 Å². The van der Waals surface area contributed by atoms with Crippen molar-refractivity contribution in [2.45, 2.75) is 32.0 Å². The van der Waals surface area contributed by atoms with Gasteiger partial charge in [-0.05, 0) is 33.0 Å². The van der Waals surface area contributed by atoms with Gasteiger partial charge in [0, 0.05) is 32.7 Å². The third-order valence-corrected chi connectivity index (χ3v) is 3.87. The zero-order valence-electron chi connectivity index (χ0n) is 14.1. The molecule has 0 aromatic carbocycles. The number of hydrogen-bond acceptors (Lipinski definition) is 3. The molecule has 1 unspecified atom stereocenters. The first-order valence-corrected chi connectivity index (χ1v) is 7.79. The Morgan fingerprint density at radius 2 is 2.04 bits per heavy atom. The fraction of sp³-hybridized carbons (Fsp3) is 0.929. The Morgan fingerprint density at radius 3 is 2.61 bits per heavy atom. The van der Waals surface area contributed by atoms with Crippen LogP contribution in [0.5, 0.6) is 0 Å². The SMILES string of the molecule is CCN1CCCC1CNC(=NC)NCCN(C)CC(F)(F)F.I. The zero-order chi connectivity index (χ0) is 16.6. The van der Waals surface area contributed by atoms with E-state index in [0.29, 0.717) is 25.1 Å². The van der Waals surface area contributed by atoms with E-state index >= 15 is 0 Å². The number of hydrogen-bond donors (Lipinski definition) is 2. The van der Waals surface area contributed by atoms with Gasteiger partial charge in [0.2, 0.25) is 0 Å². The molecule has 23 heavy (non-hydrogen) atoms. The predicted molar refractivity (Wildman–Crippen MR) is 98.6 cm³/mol. The topological polar surface area (TPSA) is 42.9 Å². The average molecular weight is 451 g/mol. The van der Waals surface area contributed by atoms with E-state index in [9.17, 15) is 13.2 Å². The third-order valence-electron chi connectivity index (χ3n) is 3.87. The van der Waals surface area contributed by atoms with Gasteiger partial charge in [0.15, 0.2) is 5.96 Å². The van der Waals surface area contributed by atoms with Crippen molar-refractivity contribution in [3.8, 4) is 0 Å². The van der Waals surface area contributed by atoms with Crippen LogP contribution < -0.4 is 10.6 Å². The Kier molecular flexibility index (Phi) is 11.2. The first-order valence-electron chi connectivity index (χ1n) is 7.79. The Labute approximate surface area is 154 Å². The summed E-state index contributed by atoms with van der Waals surface area (Å²) in [5, 5.41) is 6.31. The molecule has 0 amide bonds. The second-order valence-electron chi connectivity index (χ2n) is 5.66. The second kappa shape index (κ2) is 11.3. The molecule has 1 saturated heterocycles. The van der Waals surface area contributed by atoms with Crippen LogP contribution in [0, 0.1) is 0 Å². The fourth-order valence-corrected chi connectivity index (χ4v) is 2.73. The molecule has 0 aliphatic carbocycles. The van der Waals surface area contributed by atoms with Gasteiger partial charge in [0.05, 0.1) is 6.54 Å². The maximum absolute atomic E-state index is 12.2. The summed E-state index contributed by atoms with van der Waals surface area (Å²) in [4.78, 5) is 7.78. The van der Waals surface area contributed by atoms with E-state index in [-0.39, 0.29) is 24.0 Å². The molecule has 0 aromatic heterocycles. The third kappa shape index (κ3) is 9.55. The van der Waals surface area contributed by atoms with Gasteiger partial charge < -0.3 is 10.6 Å². The molecule has 1 fully saturated rings. The molecule has 0 radical (unpaired) electrons. The normalized spacial score (nSPS) is 19.8. The Morgan fingerprint density at radius 1 is 1.35 bits per heavy atom. The molecular weight excluding hydrogens is 422 g/mol. The summed E-state index contributed by atoms with van der Waals surface area (Å²) < 4.78 is 36.7. The van der Waals surface area contributed by atoms with Crippen molar-refractivity contribution in [2.75, 3.05) is 53.4 Å². The molecule has 1 aliphatic rings. The van der Waals surface area contributed by atoms with Gasteiger partial charge in [-0.15, -0.1) is 24.0 Å². The monoisotopic (exact) mass is 451 g/mol. The highest BCUT2D eigenvalue weighted by molar-refractivity contribution is 14.0. The van der Waals surface area contributed by atoms with Crippen molar-refractivity contribution >= 4 is 29.9 Å². The molecule has 1 heterocycles. The van der Waals surface area contributed by atoms with Gasteiger partial charge in [-0.3, -0.25) is 14.8 Å². The number of likely N-dealkylation sites (N-methyl/N-ethyl adjacent to an activating group) is 2. The standard InChI is InChI=1S/C14H28F3N5.HI/c1-4-22-8-5-6-12(22)10-20-13(18-2)19-7-9-21(3)11-14(15,16)17;/h12H,4-11H2,1-3H3,(H2,18,19,20);1H. The van der Waals surface area contributed by atoms with E-state index in [1.54, 1.807) is 7.05 Å². The van der Waals surface area contributed by atoms with Gasteiger partial charge in [-0.25, -0.2) is 0 Å². The minimum absolute atomic E-state index is 0. The van der Waals surface area contributed by atoms with Crippen molar-refractivity contribution < 1.29 is 13.2 Å². The van der Waals surface area contributed by atoms with E-state index in [0.717, 1.165) is 19.6 Å². The Balaban J connectivity index is 0.00000484. The lowest BCUT2D eigenvalue weighted by Gasteiger charge is -2.24. The van der Waals surface area contributed by atoms with Gasteiger partial charge in [0.25, 0.3) is 0 Å². The molecule has 9 heteroatoms. The van der Waals surface area contributed by atoms with Crippen LogP contribution in [0.15, 0.2) is 4.99 Å². The summed E-state index contributed by atoms with van der Waals surface area (Å²) in [5.74, 6) is 0.642. The summed E-state index contributed by atoms with van der Waals surface area (Å²) in [6.45, 7) is 4.99. The summed E-state index contributed by atoms with van der Waals surface area (Å²) in [7, 11) is 3.13. The number of aliphatic imine (C=N–C) groups is 1. The quantitative estimate of drug-likeness (QED) is 0.352. The highest BCUT2D eigenvalue weighted by atomic mass is 127. The smallest absolute Gasteiger partial charge is 0.355 e. The van der Waals surface area contributed by atoms with Crippen LogP contribution in [0.3, 0.4) is 0 Å². The van der Waals surface area contributed by atoms with Crippen LogP contribution in [0.4, 0.5) is 13.2 Å². The van der Waals surface area contributed by atoms with Crippen molar-refractivity contribution in [1.82, 2.24) is 20.4 Å². The molecule has 2 N–H and O–H groups in total. The molecule has 1 rings (SSSR count). The molecule has 0 spiro atoms. The maximum Gasteiger partial charge on any atom is 0.401 e. The molecule has 1 aliphatic heterocycles. The lowest BCUT2D eigenvalue weighted by atomic mass is 10.2.